The van der Waals surface area contributed by atoms with Crippen LogP contribution in [0.1, 0.15) is 0 Å². The lowest BCUT2D eigenvalue weighted by molar-refractivity contribution is 0.449. The molecular weight excluding hydrogens is 223 g/mol. The van der Waals surface area contributed by atoms with Crippen molar-refractivity contribution >= 4 is 21.8 Å². The molecule has 1 aromatic rings. The quantitative estimate of drug-likeness (QED) is 0.573. The average molecular weight is 226 g/mol. The summed E-state index contributed by atoms with van der Waals surface area (Å²) in [6, 6.07) is 1.92. The SMILES string of the molecule is Fc1ccc(NBr)c(F)c1F. The van der Waals surface area contributed by atoms with Crippen LogP contribution in [0.15, 0.2) is 12.1 Å². The smallest absolute Gasteiger partial charge is 0.196 e. The summed E-state index contributed by atoms with van der Waals surface area (Å²) >= 11 is 2.69. The average Bonchev–Trinajstić information content (AvgIpc) is 2.01. The van der Waals surface area contributed by atoms with Crippen LogP contribution < -0.4 is 4.34 Å². The number of benzene rings is 1. The van der Waals surface area contributed by atoms with Gasteiger partial charge in [0.25, 0.3) is 0 Å². The maximum Gasteiger partial charge on any atom is 0.196 e. The first-order chi connectivity index (χ1) is 5.16. The van der Waals surface area contributed by atoms with Gasteiger partial charge >= 0.3 is 0 Å². The van der Waals surface area contributed by atoms with Crippen LogP contribution in [0.4, 0.5) is 18.9 Å². The van der Waals surface area contributed by atoms with Crippen LogP contribution in [0.2, 0.25) is 0 Å². The van der Waals surface area contributed by atoms with Gasteiger partial charge < -0.3 is 4.34 Å². The predicted octanol–water partition coefficient (Wildman–Crippen LogP) is 2.83. The zero-order valence-corrected chi connectivity index (χ0v) is 6.75. The van der Waals surface area contributed by atoms with Gasteiger partial charge in [-0.25, -0.2) is 13.2 Å². The van der Waals surface area contributed by atoms with Gasteiger partial charge in [0, 0.05) is 16.1 Å². The summed E-state index contributed by atoms with van der Waals surface area (Å²) in [5.41, 5.74) is -0.135. The summed E-state index contributed by atoms with van der Waals surface area (Å²) in [6.45, 7) is 0. The van der Waals surface area contributed by atoms with E-state index >= 15 is 0 Å². The summed E-state index contributed by atoms with van der Waals surface area (Å²) < 4.78 is 39.4. The van der Waals surface area contributed by atoms with Gasteiger partial charge in [-0.3, -0.25) is 0 Å². The number of hydrogen-bond donors (Lipinski definition) is 1. The van der Waals surface area contributed by atoms with E-state index in [-0.39, 0.29) is 5.69 Å². The molecule has 60 valence electrons. The van der Waals surface area contributed by atoms with Gasteiger partial charge in [-0.1, -0.05) is 0 Å². The molecular formula is C6H3BrF3N. The third-order valence-electron chi connectivity index (χ3n) is 1.14. The summed E-state index contributed by atoms with van der Waals surface area (Å²) in [7, 11) is 0. The van der Waals surface area contributed by atoms with Crippen LogP contribution in [0.5, 0.6) is 0 Å². The Kier molecular flexibility index (Phi) is 2.38. The highest BCUT2D eigenvalue weighted by atomic mass is 79.9. The molecule has 0 bridgehead atoms. The minimum atomic E-state index is -1.48. The van der Waals surface area contributed by atoms with Crippen LogP contribution in [0, 0.1) is 17.5 Å². The molecule has 0 amide bonds. The van der Waals surface area contributed by atoms with Crippen molar-refractivity contribution in [1.82, 2.24) is 0 Å². The predicted molar refractivity (Wildman–Crippen MR) is 38.9 cm³/mol. The fourth-order valence-corrected chi connectivity index (χ4v) is 0.905. The molecule has 0 heterocycles. The zero-order valence-electron chi connectivity index (χ0n) is 5.17. The minimum Gasteiger partial charge on any atom is -0.320 e. The number of halogens is 4. The van der Waals surface area contributed by atoms with Crippen LogP contribution in [0.3, 0.4) is 0 Å². The molecule has 0 saturated carbocycles. The first kappa shape index (κ1) is 8.39. The maximum atomic E-state index is 12.6. The van der Waals surface area contributed by atoms with E-state index in [1.165, 1.54) is 0 Å². The molecule has 1 N–H and O–H groups in total. The molecule has 0 fully saturated rings. The number of anilines is 1. The molecule has 0 radical (unpaired) electrons. The Labute approximate surface area is 69.6 Å². The fraction of sp³-hybridized carbons (Fsp3) is 0. The molecule has 1 rings (SSSR count). The molecule has 11 heavy (non-hydrogen) atoms. The Balaban J connectivity index is 3.25. The number of rotatable bonds is 1. The fourth-order valence-electron chi connectivity index (χ4n) is 0.599. The van der Waals surface area contributed by atoms with E-state index < -0.39 is 17.5 Å². The van der Waals surface area contributed by atoms with Crippen molar-refractivity contribution in [2.24, 2.45) is 0 Å². The third-order valence-corrected chi connectivity index (χ3v) is 1.56. The second kappa shape index (κ2) is 3.13. The van der Waals surface area contributed by atoms with Gasteiger partial charge in [0.15, 0.2) is 17.5 Å². The minimum absolute atomic E-state index is 0.135. The van der Waals surface area contributed by atoms with Crippen molar-refractivity contribution in [2.75, 3.05) is 4.34 Å². The molecule has 0 aromatic heterocycles. The molecule has 0 aliphatic carbocycles. The van der Waals surface area contributed by atoms with Gasteiger partial charge in [-0.05, 0) is 12.1 Å². The molecule has 0 spiro atoms. The second-order valence-corrected chi connectivity index (χ2v) is 2.21. The van der Waals surface area contributed by atoms with Gasteiger partial charge in [0.05, 0.1) is 5.69 Å². The monoisotopic (exact) mass is 225 g/mol. The van der Waals surface area contributed by atoms with E-state index in [2.05, 4.69) is 20.5 Å². The molecule has 1 nitrogen and oxygen atoms in total. The van der Waals surface area contributed by atoms with Gasteiger partial charge in [-0.15, -0.1) is 0 Å². The van der Waals surface area contributed by atoms with Crippen LogP contribution in [-0.2, 0) is 0 Å². The topological polar surface area (TPSA) is 12.0 Å². The zero-order chi connectivity index (χ0) is 8.43. The summed E-state index contributed by atoms with van der Waals surface area (Å²) in [5.74, 6) is -3.91. The normalized spacial score (nSPS) is 9.82. The van der Waals surface area contributed by atoms with E-state index in [4.69, 9.17) is 0 Å². The van der Waals surface area contributed by atoms with Crippen molar-refractivity contribution in [2.45, 2.75) is 0 Å². The lowest BCUT2D eigenvalue weighted by Crippen LogP contribution is -1.93. The highest BCUT2D eigenvalue weighted by molar-refractivity contribution is 9.10. The first-order valence-electron chi connectivity index (χ1n) is 2.67. The van der Waals surface area contributed by atoms with Crippen molar-refractivity contribution in [3.05, 3.63) is 29.6 Å². The summed E-state index contributed by atoms with van der Waals surface area (Å²) in [5, 5.41) is 0. The van der Waals surface area contributed by atoms with Gasteiger partial charge in [0.2, 0.25) is 0 Å². The van der Waals surface area contributed by atoms with Crippen LogP contribution in [-0.4, -0.2) is 0 Å². The Morgan fingerprint density at radius 1 is 1.09 bits per heavy atom. The largest absolute Gasteiger partial charge is 0.320 e. The van der Waals surface area contributed by atoms with Gasteiger partial charge in [-0.2, -0.15) is 0 Å². The van der Waals surface area contributed by atoms with Crippen LogP contribution in [0.25, 0.3) is 0 Å². The molecule has 5 heteroatoms. The summed E-state index contributed by atoms with van der Waals surface area (Å²) in [4.78, 5) is 0. The Morgan fingerprint density at radius 3 is 2.27 bits per heavy atom. The van der Waals surface area contributed by atoms with Crippen molar-refractivity contribution in [3.8, 4) is 0 Å². The highest BCUT2D eigenvalue weighted by Gasteiger charge is 2.11. The molecule has 0 aliphatic rings. The molecule has 0 saturated heterocycles. The van der Waals surface area contributed by atoms with E-state index in [1.54, 1.807) is 0 Å². The second-order valence-electron chi connectivity index (χ2n) is 1.82. The standard InChI is InChI=1S/C6H3BrF3N/c7-11-4-2-1-3(8)5(9)6(4)10/h1-2,11H. The first-order valence-corrected chi connectivity index (χ1v) is 3.46. The van der Waals surface area contributed by atoms with Crippen molar-refractivity contribution < 1.29 is 13.2 Å². The highest BCUT2D eigenvalue weighted by Crippen LogP contribution is 2.20. The molecule has 0 atom stereocenters. The van der Waals surface area contributed by atoms with Crippen LogP contribution >= 0.6 is 16.1 Å². The Morgan fingerprint density at radius 2 is 1.73 bits per heavy atom. The number of hydrogen-bond acceptors (Lipinski definition) is 1. The Bertz CT molecular complexity index is 277. The van der Waals surface area contributed by atoms with Crippen molar-refractivity contribution in [3.63, 3.8) is 0 Å². The summed E-state index contributed by atoms with van der Waals surface area (Å²) in [6.07, 6.45) is 0. The molecule has 1 aromatic carbocycles. The lowest BCUT2D eigenvalue weighted by Gasteiger charge is -2.00. The van der Waals surface area contributed by atoms with E-state index in [1.807, 2.05) is 0 Å². The van der Waals surface area contributed by atoms with Crippen molar-refractivity contribution in [1.29, 1.82) is 0 Å². The van der Waals surface area contributed by atoms with E-state index in [0.717, 1.165) is 12.1 Å². The van der Waals surface area contributed by atoms with E-state index in [0.29, 0.717) is 0 Å². The number of nitrogens with one attached hydrogen (secondary N) is 1. The lowest BCUT2D eigenvalue weighted by atomic mass is 10.3. The molecule has 0 aliphatic heterocycles. The Hall–Kier alpha value is -0.710. The maximum absolute atomic E-state index is 12.6. The third kappa shape index (κ3) is 1.48. The van der Waals surface area contributed by atoms with Gasteiger partial charge in [0.1, 0.15) is 0 Å². The van der Waals surface area contributed by atoms with E-state index in [9.17, 15) is 13.2 Å². The molecule has 0 unspecified atom stereocenters.